The Bertz CT molecular complexity index is 359. The van der Waals surface area contributed by atoms with Gasteiger partial charge < -0.3 is 0 Å². The summed E-state index contributed by atoms with van der Waals surface area (Å²) in [5.74, 6) is 0. The zero-order chi connectivity index (χ0) is 12.5. The van der Waals surface area contributed by atoms with Crippen LogP contribution in [0.25, 0.3) is 0 Å². The van der Waals surface area contributed by atoms with E-state index in [1.165, 1.54) is 49.9 Å². The van der Waals surface area contributed by atoms with Crippen LogP contribution in [-0.2, 0) is 12.8 Å². The molecule has 2 rings (SSSR count). The van der Waals surface area contributed by atoms with Crippen molar-refractivity contribution in [3.05, 3.63) is 21.3 Å². The van der Waals surface area contributed by atoms with Crippen LogP contribution in [0.3, 0.4) is 0 Å². The Morgan fingerprint density at radius 2 is 1.11 bits per heavy atom. The molecule has 0 saturated heterocycles. The quantitative estimate of drug-likeness (QED) is 0.492. The number of rotatable bonds is 9. The van der Waals surface area contributed by atoms with Gasteiger partial charge in [-0.2, -0.15) is 0 Å². The van der Waals surface area contributed by atoms with Crippen LogP contribution in [0.15, 0.2) is 9.88 Å². The van der Waals surface area contributed by atoms with Crippen molar-refractivity contribution < 1.29 is 0 Å². The molecule has 0 spiro atoms. The summed E-state index contributed by atoms with van der Waals surface area (Å²) in [6.45, 7) is 0. The van der Waals surface area contributed by atoms with Gasteiger partial charge in [-0.25, -0.2) is 0 Å². The van der Waals surface area contributed by atoms with Gasteiger partial charge in [-0.1, -0.05) is 0 Å². The molecule has 4 nitrogen and oxygen atoms in total. The summed E-state index contributed by atoms with van der Waals surface area (Å²) in [4.78, 5) is 4.39. The number of hydrogen-bond donors (Lipinski definition) is 0. The Hall–Kier alpha value is -0.281. The van der Waals surface area contributed by atoms with Crippen LogP contribution in [0.2, 0.25) is 0 Å². The first-order chi connectivity index (χ1) is 8.95. The Kier molecular flexibility index (Phi) is 6.88. The third kappa shape index (κ3) is 5.57. The molecule has 0 aliphatic rings. The fraction of sp³-hybridized carbons (Fsp3) is 0.667. The molecule has 0 unspecified atom stereocenters. The monoisotopic (exact) mass is 378 g/mol. The maximum absolute atomic E-state index is 4.12. The van der Waals surface area contributed by atoms with E-state index in [-0.39, 0.29) is 0 Å². The molecule has 2 heterocycles. The van der Waals surface area contributed by atoms with Crippen LogP contribution >= 0.6 is 0 Å². The van der Waals surface area contributed by atoms with E-state index >= 15 is 0 Å². The van der Waals surface area contributed by atoms with Gasteiger partial charge in [0.25, 0.3) is 0 Å². The van der Waals surface area contributed by atoms with Crippen LogP contribution in [0.5, 0.6) is 0 Å². The second-order valence-electron chi connectivity index (χ2n) is 4.41. The van der Waals surface area contributed by atoms with Gasteiger partial charge in [0.15, 0.2) is 0 Å². The summed E-state index contributed by atoms with van der Waals surface area (Å²) in [5.41, 5.74) is 2.44. The predicted octanol–water partition coefficient (Wildman–Crippen LogP) is 1.51. The standard InChI is InChI=1S/C12H18N4Se2/c1(3-5-7-11-9-17-15-13-11)2-4-6-8-12-10-18-16-14-12/h9-10H,1-8H2. The molecule has 0 amide bonds. The zero-order valence-corrected chi connectivity index (χ0v) is 13.8. The second-order valence-corrected chi connectivity index (χ2v) is 6.97. The fourth-order valence-electron chi connectivity index (χ4n) is 1.91. The fourth-order valence-corrected chi connectivity index (χ4v) is 3.94. The molecule has 0 aliphatic heterocycles. The van der Waals surface area contributed by atoms with Crippen molar-refractivity contribution in [3.8, 4) is 0 Å². The van der Waals surface area contributed by atoms with E-state index in [9.17, 15) is 0 Å². The molecule has 98 valence electrons. The average molecular weight is 376 g/mol. The molecule has 2 aromatic heterocycles. The van der Waals surface area contributed by atoms with Crippen molar-refractivity contribution in [1.82, 2.24) is 18.4 Å². The van der Waals surface area contributed by atoms with Crippen LogP contribution in [0.1, 0.15) is 49.9 Å². The first-order valence-electron chi connectivity index (χ1n) is 6.47. The number of unbranched alkanes of at least 4 members (excludes halogenated alkanes) is 5. The van der Waals surface area contributed by atoms with E-state index in [4.69, 9.17) is 0 Å². The Balaban J connectivity index is 1.40. The molecule has 0 atom stereocenters. The van der Waals surface area contributed by atoms with Crippen molar-refractivity contribution in [1.29, 1.82) is 0 Å². The maximum atomic E-state index is 4.12. The van der Waals surface area contributed by atoms with Gasteiger partial charge in [0, 0.05) is 0 Å². The summed E-state index contributed by atoms with van der Waals surface area (Å²) in [7, 11) is 0. The summed E-state index contributed by atoms with van der Waals surface area (Å²) >= 11 is 0.617. The van der Waals surface area contributed by atoms with Gasteiger partial charge in [0.1, 0.15) is 0 Å². The van der Waals surface area contributed by atoms with E-state index in [1.807, 2.05) is 0 Å². The number of hydrogen-bond acceptors (Lipinski definition) is 4. The van der Waals surface area contributed by atoms with Crippen molar-refractivity contribution in [2.75, 3.05) is 0 Å². The normalized spacial score (nSPS) is 10.9. The van der Waals surface area contributed by atoms with Gasteiger partial charge in [-0.3, -0.25) is 0 Å². The van der Waals surface area contributed by atoms with Gasteiger partial charge in [0.05, 0.1) is 0 Å². The molecule has 0 bridgehead atoms. The van der Waals surface area contributed by atoms with E-state index < -0.39 is 0 Å². The molecule has 0 N–H and O–H groups in total. The van der Waals surface area contributed by atoms with Crippen LogP contribution in [0.4, 0.5) is 0 Å². The zero-order valence-electron chi connectivity index (χ0n) is 10.4. The summed E-state index contributed by atoms with van der Waals surface area (Å²) in [5, 5.41) is 8.23. The molecule has 0 saturated carbocycles. The van der Waals surface area contributed by atoms with E-state index in [1.54, 1.807) is 0 Å². The topological polar surface area (TPSA) is 51.6 Å². The van der Waals surface area contributed by atoms with Crippen LogP contribution in [0, 0.1) is 0 Å². The third-order valence-corrected chi connectivity index (χ3v) is 5.25. The molecular weight excluding hydrogens is 358 g/mol. The molecule has 2 aromatic rings. The minimum atomic E-state index is 0.308. The first kappa shape index (κ1) is 14.1. The van der Waals surface area contributed by atoms with E-state index in [0.29, 0.717) is 29.5 Å². The van der Waals surface area contributed by atoms with Crippen LogP contribution < -0.4 is 0 Å². The average Bonchev–Trinajstić information content (AvgIpc) is 3.05. The summed E-state index contributed by atoms with van der Waals surface area (Å²) < 4.78 is 8.03. The van der Waals surface area contributed by atoms with Gasteiger partial charge in [-0.15, -0.1) is 0 Å². The number of aryl methyl sites for hydroxylation is 2. The molecule has 0 aromatic carbocycles. The Labute approximate surface area is 120 Å². The van der Waals surface area contributed by atoms with Crippen molar-refractivity contribution in [3.63, 3.8) is 0 Å². The van der Waals surface area contributed by atoms with Gasteiger partial charge in [-0.05, 0) is 0 Å². The predicted molar refractivity (Wildman–Crippen MR) is 73.1 cm³/mol. The van der Waals surface area contributed by atoms with Gasteiger partial charge >= 0.3 is 120 Å². The minimum absolute atomic E-state index is 0.308. The molecule has 6 heteroatoms. The third-order valence-electron chi connectivity index (χ3n) is 2.93. The SMILES string of the molecule is c1[se]nnc1CCCCCCCCc1c[se]nn1. The molecular formula is C12H18N4Se2. The summed E-state index contributed by atoms with van der Waals surface area (Å²) in [6.07, 6.45) is 10.1. The van der Waals surface area contributed by atoms with E-state index in [0.717, 1.165) is 12.8 Å². The second kappa shape index (κ2) is 8.76. The van der Waals surface area contributed by atoms with Gasteiger partial charge in [0.2, 0.25) is 0 Å². The Morgan fingerprint density at radius 3 is 1.50 bits per heavy atom. The molecule has 0 radical (unpaired) electrons. The van der Waals surface area contributed by atoms with E-state index in [2.05, 4.69) is 28.3 Å². The van der Waals surface area contributed by atoms with Crippen molar-refractivity contribution in [2.24, 2.45) is 0 Å². The van der Waals surface area contributed by atoms with Crippen molar-refractivity contribution >= 4 is 29.5 Å². The number of aromatic nitrogens is 4. The summed E-state index contributed by atoms with van der Waals surface area (Å²) in [6, 6.07) is 0. The number of nitrogens with zero attached hydrogens (tertiary/aromatic N) is 4. The molecule has 0 fully saturated rings. The van der Waals surface area contributed by atoms with Crippen molar-refractivity contribution in [2.45, 2.75) is 51.4 Å². The molecule has 0 aliphatic carbocycles. The van der Waals surface area contributed by atoms with Crippen LogP contribution in [-0.4, -0.2) is 47.9 Å². The molecule has 18 heavy (non-hydrogen) atoms. The first-order valence-corrected chi connectivity index (χ1v) is 9.98. The Morgan fingerprint density at radius 1 is 0.667 bits per heavy atom.